The first-order chi connectivity index (χ1) is 5.44. The Labute approximate surface area is 85.6 Å². The number of carbonyl (C=O) groups is 1. The molecule has 0 saturated heterocycles. The summed E-state index contributed by atoms with van der Waals surface area (Å²) in [4.78, 5) is 9.00. The Hall–Kier alpha value is -0.460. The summed E-state index contributed by atoms with van der Waals surface area (Å²) in [5, 5.41) is 0. The third-order valence-electron chi connectivity index (χ3n) is 1.78. The molecule has 0 atom stereocenters. The van der Waals surface area contributed by atoms with Gasteiger partial charge < -0.3 is 22.9 Å². The van der Waals surface area contributed by atoms with Gasteiger partial charge in [-0.2, -0.15) is 13.5 Å². The number of primary amides is 2. The molecule has 1 aliphatic rings. The van der Waals surface area contributed by atoms with E-state index in [0.717, 1.165) is 12.8 Å². The van der Waals surface area contributed by atoms with Crippen LogP contribution in [0.2, 0.25) is 0 Å². The zero-order chi connectivity index (χ0) is 9.61. The van der Waals surface area contributed by atoms with Gasteiger partial charge in [0.2, 0.25) is 0 Å². The molecule has 0 aromatic rings. The molecule has 0 aromatic heterocycles. The molecule has 0 bridgehead atoms. The van der Waals surface area contributed by atoms with E-state index >= 15 is 0 Å². The van der Waals surface area contributed by atoms with Gasteiger partial charge in [-0.3, -0.25) is 0 Å². The van der Waals surface area contributed by atoms with E-state index in [1.807, 2.05) is 0 Å². The minimum Gasteiger partial charge on any atom is -0.352 e. The monoisotopic (exact) mass is 208 g/mol. The second-order valence-corrected chi connectivity index (χ2v) is 3.20. The Morgan fingerprint density at radius 1 is 1.00 bits per heavy atom. The van der Waals surface area contributed by atoms with Gasteiger partial charge in [0.15, 0.2) is 0 Å². The number of nitrogens with two attached hydrogens (primary N) is 4. The zero-order valence-electron chi connectivity index (χ0n) is 7.75. The quantitative estimate of drug-likeness (QED) is 0.409. The van der Waals surface area contributed by atoms with Crippen molar-refractivity contribution in [3.63, 3.8) is 0 Å². The largest absolute Gasteiger partial charge is 0.352 e. The molecule has 1 aliphatic carbocycles. The first kappa shape index (κ1) is 15.0. The topological polar surface area (TPSA) is 121 Å². The third kappa shape index (κ3) is 11.5. The number of rotatable bonds is 0. The Bertz CT molecular complexity index is 139. The molecule has 0 spiro atoms. The predicted molar refractivity (Wildman–Crippen MR) is 58.3 cm³/mol. The fourth-order valence-electron chi connectivity index (χ4n) is 1.21. The van der Waals surface area contributed by atoms with Crippen molar-refractivity contribution in [2.24, 2.45) is 22.9 Å². The van der Waals surface area contributed by atoms with Crippen LogP contribution in [0, 0.1) is 0 Å². The van der Waals surface area contributed by atoms with Crippen LogP contribution in [0.1, 0.15) is 32.1 Å². The number of hydrogen-bond acceptors (Lipinski definition) is 3. The lowest BCUT2D eigenvalue weighted by molar-refractivity contribution is 0.256. The van der Waals surface area contributed by atoms with Crippen molar-refractivity contribution >= 4 is 19.5 Å². The van der Waals surface area contributed by atoms with Crippen molar-refractivity contribution in [3.05, 3.63) is 0 Å². The molecule has 5 nitrogen and oxygen atoms in total. The standard InChI is InChI=1S/C6H14N2.CH4N2O.H2S/c7-6(8)4-2-1-3-5-6;2-1(3)4;/h1-5,7-8H2;(H4,2,3,4);1H2. The van der Waals surface area contributed by atoms with Crippen LogP contribution >= 0.6 is 13.5 Å². The van der Waals surface area contributed by atoms with Gasteiger partial charge >= 0.3 is 6.03 Å². The molecule has 1 rings (SSSR count). The zero-order valence-corrected chi connectivity index (χ0v) is 8.75. The normalized spacial score (nSPS) is 18.9. The molecular weight excluding hydrogens is 188 g/mol. The highest BCUT2D eigenvalue weighted by molar-refractivity contribution is 7.59. The van der Waals surface area contributed by atoms with Crippen LogP contribution in [-0.2, 0) is 0 Å². The van der Waals surface area contributed by atoms with Gasteiger partial charge in [0.25, 0.3) is 0 Å². The molecule has 0 unspecified atom stereocenters. The van der Waals surface area contributed by atoms with Crippen molar-refractivity contribution in [3.8, 4) is 0 Å². The smallest absolute Gasteiger partial charge is 0.309 e. The van der Waals surface area contributed by atoms with Gasteiger partial charge in [0, 0.05) is 0 Å². The SMILES string of the molecule is NC(N)=O.NC1(N)CCCCC1.S. The lowest BCUT2D eigenvalue weighted by Crippen LogP contribution is -2.50. The molecule has 1 saturated carbocycles. The second kappa shape index (κ2) is 6.99. The van der Waals surface area contributed by atoms with Gasteiger partial charge in [0.1, 0.15) is 0 Å². The average Bonchev–Trinajstić information content (AvgIpc) is 1.85. The summed E-state index contributed by atoms with van der Waals surface area (Å²) in [6.45, 7) is 0. The van der Waals surface area contributed by atoms with Gasteiger partial charge in [-0.15, -0.1) is 0 Å². The summed E-state index contributed by atoms with van der Waals surface area (Å²) in [6, 6.07) is -0.833. The van der Waals surface area contributed by atoms with Crippen LogP contribution in [0.15, 0.2) is 0 Å². The number of amides is 2. The third-order valence-corrected chi connectivity index (χ3v) is 1.78. The summed E-state index contributed by atoms with van der Waals surface area (Å²) in [5.74, 6) is 0. The van der Waals surface area contributed by atoms with E-state index in [4.69, 9.17) is 16.3 Å². The minimum atomic E-state index is -0.833. The molecule has 0 radical (unpaired) electrons. The highest BCUT2D eigenvalue weighted by Gasteiger charge is 2.21. The van der Waals surface area contributed by atoms with E-state index in [2.05, 4.69) is 11.5 Å². The fourth-order valence-corrected chi connectivity index (χ4v) is 1.21. The molecule has 8 N–H and O–H groups in total. The van der Waals surface area contributed by atoms with Crippen molar-refractivity contribution in [1.82, 2.24) is 0 Å². The summed E-state index contributed by atoms with van der Waals surface area (Å²) >= 11 is 0. The van der Waals surface area contributed by atoms with Gasteiger partial charge in [-0.05, 0) is 12.8 Å². The molecule has 0 aromatic carbocycles. The van der Waals surface area contributed by atoms with Crippen molar-refractivity contribution in [2.45, 2.75) is 37.8 Å². The molecule has 1 fully saturated rings. The van der Waals surface area contributed by atoms with Crippen LogP contribution in [0.25, 0.3) is 0 Å². The molecule has 2 amide bonds. The van der Waals surface area contributed by atoms with Crippen LogP contribution < -0.4 is 22.9 Å². The number of urea groups is 1. The van der Waals surface area contributed by atoms with Crippen molar-refractivity contribution in [2.75, 3.05) is 0 Å². The van der Waals surface area contributed by atoms with Crippen LogP contribution in [0.5, 0.6) is 0 Å². The Morgan fingerprint density at radius 2 is 1.31 bits per heavy atom. The molecule has 0 heterocycles. The number of carbonyl (C=O) groups excluding carboxylic acids is 1. The maximum atomic E-state index is 9.00. The fraction of sp³-hybridized carbons (Fsp3) is 0.857. The lowest BCUT2D eigenvalue weighted by atomic mass is 9.91. The summed E-state index contributed by atoms with van der Waals surface area (Å²) in [5.41, 5.74) is 19.5. The lowest BCUT2D eigenvalue weighted by Gasteiger charge is -2.28. The van der Waals surface area contributed by atoms with Gasteiger partial charge in [-0.1, -0.05) is 19.3 Å². The first-order valence-corrected chi connectivity index (χ1v) is 4.07. The van der Waals surface area contributed by atoms with E-state index in [1.165, 1.54) is 19.3 Å². The summed E-state index contributed by atoms with van der Waals surface area (Å²) in [7, 11) is 0. The van der Waals surface area contributed by atoms with Crippen molar-refractivity contribution < 1.29 is 4.79 Å². The Balaban J connectivity index is 0. The van der Waals surface area contributed by atoms with Gasteiger partial charge in [0.05, 0.1) is 5.66 Å². The summed E-state index contributed by atoms with van der Waals surface area (Å²) < 4.78 is 0. The molecular formula is C7H20N4OS. The van der Waals surface area contributed by atoms with Crippen LogP contribution in [0.3, 0.4) is 0 Å². The average molecular weight is 208 g/mol. The van der Waals surface area contributed by atoms with E-state index in [9.17, 15) is 0 Å². The summed E-state index contributed by atoms with van der Waals surface area (Å²) in [6.07, 6.45) is 5.76. The highest BCUT2D eigenvalue weighted by Crippen LogP contribution is 2.20. The Morgan fingerprint density at radius 3 is 1.46 bits per heavy atom. The highest BCUT2D eigenvalue weighted by atomic mass is 32.1. The van der Waals surface area contributed by atoms with Crippen LogP contribution in [0.4, 0.5) is 4.79 Å². The molecule has 0 aliphatic heterocycles. The van der Waals surface area contributed by atoms with E-state index in [0.29, 0.717) is 0 Å². The van der Waals surface area contributed by atoms with E-state index in [1.54, 1.807) is 0 Å². The maximum absolute atomic E-state index is 9.00. The first-order valence-electron chi connectivity index (χ1n) is 4.07. The second-order valence-electron chi connectivity index (χ2n) is 3.20. The van der Waals surface area contributed by atoms with E-state index in [-0.39, 0.29) is 19.2 Å². The van der Waals surface area contributed by atoms with Crippen molar-refractivity contribution in [1.29, 1.82) is 0 Å². The molecule has 13 heavy (non-hydrogen) atoms. The van der Waals surface area contributed by atoms with Crippen LogP contribution in [-0.4, -0.2) is 11.7 Å². The maximum Gasteiger partial charge on any atom is 0.309 e. The molecule has 80 valence electrons. The van der Waals surface area contributed by atoms with E-state index < -0.39 is 6.03 Å². The predicted octanol–water partition coefficient (Wildman–Crippen LogP) is -0.299. The Kier molecular flexibility index (Phi) is 8.09. The minimum absolute atomic E-state index is 0. The number of hydrogen-bond donors (Lipinski definition) is 4. The molecule has 6 heteroatoms. The van der Waals surface area contributed by atoms with Gasteiger partial charge in [-0.25, -0.2) is 4.79 Å².